The van der Waals surface area contributed by atoms with E-state index >= 15 is 0 Å². The van der Waals surface area contributed by atoms with E-state index in [-0.39, 0.29) is 0 Å². The normalized spacial score (nSPS) is 12.7. The van der Waals surface area contributed by atoms with Gasteiger partial charge in [-0.2, -0.15) is 0 Å². The first-order chi connectivity index (χ1) is 13.9. The molecule has 0 saturated carbocycles. The molecule has 6 heteroatoms. The standard InChI is InChI=1S/C23H24N2O4/c1-15-7-6-10-20(13-15)28-16(2)22(26)24-25-23(27)17(3)29-21-12-11-18-8-4-5-9-19(18)14-21/h4-14,16-17H,1-3H3,(H,24,26)(H,25,27)/t16-,17-/m1/s1. The van der Waals surface area contributed by atoms with Gasteiger partial charge in [0.25, 0.3) is 11.8 Å². The van der Waals surface area contributed by atoms with Gasteiger partial charge in [-0.05, 0) is 61.4 Å². The third-order valence-electron chi connectivity index (χ3n) is 4.38. The predicted molar refractivity (Wildman–Crippen MR) is 112 cm³/mol. The zero-order chi connectivity index (χ0) is 20.8. The Morgan fingerprint density at radius 3 is 1.93 bits per heavy atom. The van der Waals surface area contributed by atoms with Crippen LogP contribution in [0.25, 0.3) is 10.8 Å². The molecule has 150 valence electrons. The molecule has 0 aliphatic rings. The zero-order valence-corrected chi connectivity index (χ0v) is 16.6. The first-order valence-corrected chi connectivity index (χ1v) is 9.41. The van der Waals surface area contributed by atoms with Crippen molar-refractivity contribution in [3.63, 3.8) is 0 Å². The number of amides is 2. The van der Waals surface area contributed by atoms with Gasteiger partial charge in [0.15, 0.2) is 12.2 Å². The lowest BCUT2D eigenvalue weighted by atomic mass is 10.1. The predicted octanol–water partition coefficient (Wildman–Crippen LogP) is 3.53. The Morgan fingerprint density at radius 1 is 0.724 bits per heavy atom. The zero-order valence-electron chi connectivity index (χ0n) is 16.6. The van der Waals surface area contributed by atoms with Gasteiger partial charge in [-0.1, -0.05) is 42.5 Å². The van der Waals surface area contributed by atoms with E-state index in [9.17, 15) is 9.59 Å². The van der Waals surface area contributed by atoms with Crippen molar-refractivity contribution in [2.75, 3.05) is 0 Å². The lowest BCUT2D eigenvalue weighted by molar-refractivity contribution is -0.135. The summed E-state index contributed by atoms with van der Waals surface area (Å²) in [5, 5.41) is 2.11. The number of benzene rings is 3. The van der Waals surface area contributed by atoms with Gasteiger partial charge in [-0.25, -0.2) is 0 Å². The highest BCUT2D eigenvalue weighted by atomic mass is 16.5. The highest BCUT2D eigenvalue weighted by molar-refractivity contribution is 5.87. The second-order valence-corrected chi connectivity index (χ2v) is 6.82. The van der Waals surface area contributed by atoms with Crippen LogP contribution in [0.2, 0.25) is 0 Å². The number of rotatable bonds is 6. The van der Waals surface area contributed by atoms with Crippen LogP contribution in [0.4, 0.5) is 0 Å². The average Bonchev–Trinajstić information content (AvgIpc) is 2.71. The van der Waals surface area contributed by atoms with Crippen LogP contribution in [0, 0.1) is 6.92 Å². The Labute approximate surface area is 169 Å². The van der Waals surface area contributed by atoms with E-state index in [1.807, 2.05) is 67.6 Å². The number of fused-ring (bicyclic) bond motifs is 1. The van der Waals surface area contributed by atoms with Gasteiger partial charge >= 0.3 is 0 Å². The minimum atomic E-state index is -0.788. The molecule has 3 aromatic rings. The Bertz CT molecular complexity index is 1020. The molecule has 2 amide bonds. The molecule has 3 aromatic carbocycles. The van der Waals surface area contributed by atoms with Crippen molar-refractivity contribution < 1.29 is 19.1 Å². The summed E-state index contributed by atoms with van der Waals surface area (Å²) in [6.07, 6.45) is -1.56. The summed E-state index contributed by atoms with van der Waals surface area (Å²) in [6.45, 7) is 5.16. The van der Waals surface area contributed by atoms with Crippen LogP contribution in [0.1, 0.15) is 19.4 Å². The monoisotopic (exact) mass is 392 g/mol. The highest BCUT2D eigenvalue weighted by Crippen LogP contribution is 2.21. The molecule has 0 aliphatic heterocycles. The molecule has 0 spiro atoms. The molecular formula is C23H24N2O4. The Kier molecular flexibility index (Phi) is 6.34. The van der Waals surface area contributed by atoms with Crippen LogP contribution in [0.5, 0.6) is 11.5 Å². The first-order valence-electron chi connectivity index (χ1n) is 9.41. The van der Waals surface area contributed by atoms with E-state index in [1.165, 1.54) is 0 Å². The van der Waals surface area contributed by atoms with Crippen LogP contribution in [-0.4, -0.2) is 24.0 Å². The maximum Gasteiger partial charge on any atom is 0.279 e. The van der Waals surface area contributed by atoms with Gasteiger partial charge in [0.1, 0.15) is 11.5 Å². The van der Waals surface area contributed by atoms with Crippen molar-refractivity contribution >= 4 is 22.6 Å². The molecule has 3 rings (SSSR count). The smallest absolute Gasteiger partial charge is 0.279 e. The first kappa shape index (κ1) is 20.2. The second kappa shape index (κ2) is 9.10. The molecule has 6 nitrogen and oxygen atoms in total. The molecule has 0 fully saturated rings. The van der Waals surface area contributed by atoms with Crippen molar-refractivity contribution in [3.05, 3.63) is 72.3 Å². The molecule has 0 saturated heterocycles. The summed E-state index contributed by atoms with van der Waals surface area (Å²) < 4.78 is 11.3. The third-order valence-corrected chi connectivity index (χ3v) is 4.38. The quantitative estimate of drug-likeness (QED) is 0.629. The molecule has 29 heavy (non-hydrogen) atoms. The number of carbonyl (C=O) groups is 2. The Hall–Kier alpha value is -3.54. The summed E-state index contributed by atoms with van der Waals surface area (Å²) >= 11 is 0. The summed E-state index contributed by atoms with van der Waals surface area (Å²) in [4.78, 5) is 24.4. The van der Waals surface area contributed by atoms with Gasteiger partial charge in [-0.3, -0.25) is 20.4 Å². The maximum atomic E-state index is 12.2. The van der Waals surface area contributed by atoms with Crippen LogP contribution >= 0.6 is 0 Å². The number of ether oxygens (including phenoxy) is 2. The van der Waals surface area contributed by atoms with Crippen LogP contribution < -0.4 is 20.3 Å². The van der Waals surface area contributed by atoms with Gasteiger partial charge in [0, 0.05) is 0 Å². The summed E-state index contributed by atoms with van der Waals surface area (Å²) in [5.74, 6) is 0.243. The molecule has 0 unspecified atom stereocenters. The van der Waals surface area contributed by atoms with Crippen molar-refractivity contribution in [1.29, 1.82) is 0 Å². The number of aryl methyl sites for hydroxylation is 1. The molecule has 0 bridgehead atoms. The van der Waals surface area contributed by atoms with Crippen LogP contribution in [-0.2, 0) is 9.59 Å². The lowest BCUT2D eigenvalue weighted by Crippen LogP contribution is -2.50. The molecule has 0 heterocycles. The highest BCUT2D eigenvalue weighted by Gasteiger charge is 2.19. The lowest BCUT2D eigenvalue weighted by Gasteiger charge is -2.18. The molecule has 2 N–H and O–H groups in total. The van der Waals surface area contributed by atoms with E-state index in [0.717, 1.165) is 16.3 Å². The molecule has 0 aromatic heterocycles. The van der Waals surface area contributed by atoms with E-state index in [1.54, 1.807) is 19.9 Å². The SMILES string of the molecule is Cc1cccc(O[C@H](C)C(=O)NNC(=O)[C@@H](C)Oc2ccc3ccccc3c2)c1. The largest absolute Gasteiger partial charge is 0.481 e. The fourth-order valence-electron chi connectivity index (χ4n) is 2.77. The molecule has 2 atom stereocenters. The summed E-state index contributed by atoms with van der Waals surface area (Å²) in [7, 11) is 0. The minimum absolute atomic E-state index is 0.460. The Morgan fingerprint density at radius 2 is 1.31 bits per heavy atom. The maximum absolute atomic E-state index is 12.2. The van der Waals surface area contributed by atoms with E-state index in [2.05, 4.69) is 10.9 Å². The minimum Gasteiger partial charge on any atom is -0.481 e. The van der Waals surface area contributed by atoms with Crippen molar-refractivity contribution in [2.45, 2.75) is 33.0 Å². The van der Waals surface area contributed by atoms with Crippen molar-refractivity contribution in [3.8, 4) is 11.5 Å². The fraction of sp³-hybridized carbons (Fsp3) is 0.217. The third kappa shape index (κ3) is 5.48. The number of hydrogen-bond donors (Lipinski definition) is 2. The Balaban J connectivity index is 1.50. The van der Waals surface area contributed by atoms with Crippen LogP contribution in [0.3, 0.4) is 0 Å². The average molecular weight is 392 g/mol. The fourth-order valence-corrected chi connectivity index (χ4v) is 2.77. The van der Waals surface area contributed by atoms with E-state index < -0.39 is 24.0 Å². The van der Waals surface area contributed by atoms with Gasteiger partial charge in [0.2, 0.25) is 0 Å². The second-order valence-electron chi connectivity index (χ2n) is 6.82. The van der Waals surface area contributed by atoms with Crippen molar-refractivity contribution in [2.24, 2.45) is 0 Å². The number of hydrogen-bond acceptors (Lipinski definition) is 4. The molecular weight excluding hydrogens is 368 g/mol. The van der Waals surface area contributed by atoms with Crippen molar-refractivity contribution in [1.82, 2.24) is 10.9 Å². The van der Waals surface area contributed by atoms with E-state index in [4.69, 9.17) is 9.47 Å². The van der Waals surface area contributed by atoms with Gasteiger partial charge in [-0.15, -0.1) is 0 Å². The molecule has 0 aliphatic carbocycles. The summed E-state index contributed by atoms with van der Waals surface area (Å²) in [5.41, 5.74) is 5.77. The number of hydrazine groups is 1. The number of nitrogens with one attached hydrogen (secondary N) is 2. The van der Waals surface area contributed by atoms with E-state index in [0.29, 0.717) is 11.5 Å². The summed E-state index contributed by atoms with van der Waals surface area (Å²) in [6, 6.07) is 20.9. The van der Waals surface area contributed by atoms with Crippen LogP contribution in [0.15, 0.2) is 66.7 Å². The molecule has 0 radical (unpaired) electrons. The number of carbonyl (C=O) groups excluding carboxylic acids is 2. The van der Waals surface area contributed by atoms with Gasteiger partial charge in [0.05, 0.1) is 0 Å². The topological polar surface area (TPSA) is 76.7 Å². The van der Waals surface area contributed by atoms with Gasteiger partial charge < -0.3 is 9.47 Å².